The number of aryl methyl sites for hydroxylation is 1. The first-order chi connectivity index (χ1) is 11.7. The Balaban J connectivity index is 1.79. The summed E-state index contributed by atoms with van der Waals surface area (Å²) in [5, 5.41) is 17.5. The third-order valence-corrected chi connectivity index (χ3v) is 4.14. The molecule has 0 aliphatic rings. The predicted octanol–water partition coefficient (Wildman–Crippen LogP) is 3.37. The lowest BCUT2D eigenvalue weighted by atomic mass is 10.1. The first-order valence-corrected chi connectivity index (χ1v) is 8.56. The van der Waals surface area contributed by atoms with Gasteiger partial charge in [0.2, 0.25) is 0 Å². The standard InChI is InChI=1S/C17H16N6S/c1-12-4-3-5-13(6-12)9-23-10-14(8-21-23)22-16-15(7-18)17(24-2)20-11-19-16/h3-6,8,10-11H,9H2,1-2H3,(H,19,20,22). The zero-order valence-electron chi connectivity index (χ0n) is 13.4. The van der Waals surface area contributed by atoms with E-state index in [1.807, 2.05) is 23.2 Å². The third-order valence-electron chi connectivity index (χ3n) is 3.44. The fraction of sp³-hybridized carbons (Fsp3) is 0.176. The fourth-order valence-corrected chi connectivity index (χ4v) is 2.87. The number of hydrogen-bond donors (Lipinski definition) is 1. The molecule has 0 atom stereocenters. The largest absolute Gasteiger partial charge is 0.336 e. The summed E-state index contributed by atoms with van der Waals surface area (Å²) in [5.41, 5.74) is 3.64. The van der Waals surface area contributed by atoms with E-state index in [0.29, 0.717) is 23.0 Å². The predicted molar refractivity (Wildman–Crippen MR) is 94.3 cm³/mol. The van der Waals surface area contributed by atoms with Gasteiger partial charge in [-0.25, -0.2) is 9.97 Å². The molecule has 3 aromatic rings. The molecule has 0 saturated heterocycles. The smallest absolute Gasteiger partial charge is 0.153 e. The highest BCUT2D eigenvalue weighted by Crippen LogP contribution is 2.24. The van der Waals surface area contributed by atoms with Gasteiger partial charge in [0, 0.05) is 6.20 Å². The van der Waals surface area contributed by atoms with Crippen molar-refractivity contribution < 1.29 is 0 Å². The summed E-state index contributed by atoms with van der Waals surface area (Å²) in [4.78, 5) is 8.27. The highest BCUT2D eigenvalue weighted by molar-refractivity contribution is 7.98. The highest BCUT2D eigenvalue weighted by Gasteiger charge is 2.11. The molecule has 2 aromatic heterocycles. The van der Waals surface area contributed by atoms with Crippen molar-refractivity contribution in [1.29, 1.82) is 5.26 Å². The molecule has 6 nitrogen and oxygen atoms in total. The van der Waals surface area contributed by atoms with Crippen molar-refractivity contribution in [3.05, 3.63) is 59.7 Å². The monoisotopic (exact) mass is 336 g/mol. The molecule has 3 rings (SSSR count). The van der Waals surface area contributed by atoms with Gasteiger partial charge in [0.25, 0.3) is 0 Å². The Morgan fingerprint density at radius 1 is 1.33 bits per heavy atom. The van der Waals surface area contributed by atoms with Crippen LogP contribution in [0.4, 0.5) is 11.5 Å². The normalized spacial score (nSPS) is 10.4. The van der Waals surface area contributed by atoms with E-state index in [0.717, 1.165) is 5.69 Å². The molecule has 0 amide bonds. The van der Waals surface area contributed by atoms with Crippen molar-refractivity contribution in [2.45, 2.75) is 18.5 Å². The van der Waals surface area contributed by atoms with Crippen LogP contribution in [0.5, 0.6) is 0 Å². The van der Waals surface area contributed by atoms with Crippen molar-refractivity contribution >= 4 is 23.3 Å². The number of thioether (sulfide) groups is 1. The number of anilines is 2. The third kappa shape index (κ3) is 3.55. The first-order valence-electron chi connectivity index (χ1n) is 7.33. The second-order valence-corrected chi connectivity index (χ2v) is 6.05. The number of nitrogens with one attached hydrogen (secondary N) is 1. The molecule has 120 valence electrons. The molecule has 0 aliphatic carbocycles. The summed E-state index contributed by atoms with van der Waals surface area (Å²) >= 11 is 1.42. The molecule has 1 N–H and O–H groups in total. The summed E-state index contributed by atoms with van der Waals surface area (Å²) in [7, 11) is 0. The molecule has 0 spiro atoms. The summed E-state index contributed by atoms with van der Waals surface area (Å²) in [5.74, 6) is 0.493. The van der Waals surface area contributed by atoms with Crippen LogP contribution in [-0.2, 0) is 6.54 Å². The molecular formula is C17H16N6S. The molecule has 1 aromatic carbocycles. The molecule has 0 fully saturated rings. The van der Waals surface area contributed by atoms with Crippen molar-refractivity contribution in [1.82, 2.24) is 19.7 Å². The van der Waals surface area contributed by atoms with Crippen LogP contribution in [0.25, 0.3) is 0 Å². The van der Waals surface area contributed by atoms with E-state index in [9.17, 15) is 5.26 Å². The van der Waals surface area contributed by atoms with Gasteiger partial charge in [-0.3, -0.25) is 4.68 Å². The number of rotatable bonds is 5. The van der Waals surface area contributed by atoms with Crippen molar-refractivity contribution in [3.63, 3.8) is 0 Å². The minimum atomic E-state index is 0.441. The zero-order chi connectivity index (χ0) is 16.9. The van der Waals surface area contributed by atoms with E-state index in [1.54, 1.807) is 6.20 Å². The van der Waals surface area contributed by atoms with E-state index < -0.39 is 0 Å². The average molecular weight is 336 g/mol. The maximum Gasteiger partial charge on any atom is 0.153 e. The molecule has 0 saturated carbocycles. The molecule has 0 bridgehead atoms. The van der Waals surface area contributed by atoms with Gasteiger partial charge >= 0.3 is 0 Å². The highest BCUT2D eigenvalue weighted by atomic mass is 32.2. The number of nitrogens with zero attached hydrogens (tertiary/aromatic N) is 5. The Bertz CT molecular complexity index is 896. The first kappa shape index (κ1) is 16.0. The van der Waals surface area contributed by atoms with Gasteiger partial charge < -0.3 is 5.32 Å². The zero-order valence-corrected chi connectivity index (χ0v) is 14.2. The summed E-state index contributed by atoms with van der Waals surface area (Å²) in [6.45, 7) is 2.76. The van der Waals surface area contributed by atoms with E-state index in [1.165, 1.54) is 29.2 Å². The molecule has 0 radical (unpaired) electrons. The lowest BCUT2D eigenvalue weighted by Gasteiger charge is -2.06. The van der Waals surface area contributed by atoms with Gasteiger partial charge in [-0.2, -0.15) is 10.4 Å². The van der Waals surface area contributed by atoms with Crippen molar-refractivity contribution in [2.75, 3.05) is 11.6 Å². The molecule has 0 unspecified atom stereocenters. The Labute approximate surface area is 144 Å². The van der Waals surface area contributed by atoms with Gasteiger partial charge in [-0.15, -0.1) is 11.8 Å². The topological polar surface area (TPSA) is 79.4 Å². The molecule has 0 aliphatic heterocycles. The van der Waals surface area contributed by atoms with Crippen LogP contribution < -0.4 is 5.32 Å². The average Bonchev–Trinajstić information content (AvgIpc) is 3.01. The van der Waals surface area contributed by atoms with Gasteiger partial charge in [-0.05, 0) is 18.7 Å². The van der Waals surface area contributed by atoms with Gasteiger partial charge in [0.15, 0.2) is 5.82 Å². The number of hydrogen-bond acceptors (Lipinski definition) is 6. The van der Waals surface area contributed by atoms with Gasteiger partial charge in [0.1, 0.15) is 23.0 Å². The minimum absolute atomic E-state index is 0.441. The lowest BCUT2D eigenvalue weighted by Crippen LogP contribution is -2.01. The maximum atomic E-state index is 9.33. The molecule has 2 heterocycles. The van der Waals surface area contributed by atoms with Gasteiger partial charge in [-0.1, -0.05) is 29.8 Å². The van der Waals surface area contributed by atoms with Crippen LogP contribution in [0.15, 0.2) is 48.0 Å². The second kappa shape index (κ2) is 7.15. The summed E-state index contributed by atoms with van der Waals surface area (Å²) < 4.78 is 1.85. The molecule has 7 heteroatoms. The summed E-state index contributed by atoms with van der Waals surface area (Å²) in [6, 6.07) is 10.5. The Morgan fingerprint density at radius 2 is 2.21 bits per heavy atom. The summed E-state index contributed by atoms with van der Waals surface area (Å²) in [6.07, 6.45) is 6.95. The van der Waals surface area contributed by atoms with Crippen LogP contribution in [-0.4, -0.2) is 26.0 Å². The van der Waals surface area contributed by atoms with E-state index >= 15 is 0 Å². The second-order valence-electron chi connectivity index (χ2n) is 5.26. The molecular weight excluding hydrogens is 320 g/mol. The Kier molecular flexibility index (Phi) is 4.77. The van der Waals surface area contributed by atoms with Crippen molar-refractivity contribution in [2.24, 2.45) is 0 Å². The Hall–Kier alpha value is -2.85. The van der Waals surface area contributed by atoms with Gasteiger partial charge in [0.05, 0.1) is 18.4 Å². The van der Waals surface area contributed by atoms with Crippen LogP contribution in [0.3, 0.4) is 0 Å². The Morgan fingerprint density at radius 3 is 2.96 bits per heavy atom. The number of aromatic nitrogens is 4. The van der Waals surface area contributed by atoms with E-state index in [-0.39, 0.29) is 0 Å². The van der Waals surface area contributed by atoms with Crippen LogP contribution in [0, 0.1) is 18.3 Å². The van der Waals surface area contributed by atoms with Crippen LogP contribution >= 0.6 is 11.8 Å². The number of nitriles is 1. The van der Waals surface area contributed by atoms with Crippen molar-refractivity contribution in [3.8, 4) is 6.07 Å². The minimum Gasteiger partial charge on any atom is -0.336 e. The van der Waals surface area contributed by atoms with E-state index in [2.05, 4.69) is 51.6 Å². The van der Waals surface area contributed by atoms with E-state index in [4.69, 9.17) is 0 Å². The maximum absolute atomic E-state index is 9.33. The lowest BCUT2D eigenvalue weighted by molar-refractivity contribution is 0.686. The molecule has 24 heavy (non-hydrogen) atoms. The quantitative estimate of drug-likeness (QED) is 0.568. The van der Waals surface area contributed by atoms with Crippen LogP contribution in [0.2, 0.25) is 0 Å². The SMILES string of the molecule is CSc1ncnc(Nc2cnn(Cc3cccc(C)c3)c2)c1C#N. The number of benzene rings is 1. The van der Waals surface area contributed by atoms with Crippen LogP contribution in [0.1, 0.15) is 16.7 Å². The fourth-order valence-electron chi connectivity index (χ4n) is 2.37.